The van der Waals surface area contributed by atoms with Gasteiger partial charge in [-0.3, -0.25) is 9.59 Å². The second kappa shape index (κ2) is 9.12. The molecule has 1 aromatic carbocycles. The Morgan fingerprint density at radius 3 is 2.69 bits per heavy atom. The quantitative estimate of drug-likeness (QED) is 0.576. The fourth-order valence-corrected chi connectivity index (χ4v) is 4.31. The van der Waals surface area contributed by atoms with E-state index < -0.39 is 23.7 Å². The number of aromatic nitrogens is 4. The molecule has 1 atom stereocenters. The van der Waals surface area contributed by atoms with Gasteiger partial charge in [-0.1, -0.05) is 18.2 Å². The molecule has 11 heteroatoms. The number of alkyl halides is 3. The monoisotopic (exact) mass is 484 g/mol. The molecule has 5 rings (SSSR count). The molecule has 0 unspecified atom stereocenters. The molecule has 3 heterocycles. The summed E-state index contributed by atoms with van der Waals surface area (Å²) in [7, 11) is 0. The van der Waals surface area contributed by atoms with Crippen LogP contribution < -0.4 is 10.6 Å². The van der Waals surface area contributed by atoms with Gasteiger partial charge in [0.1, 0.15) is 6.04 Å². The topological polar surface area (TPSA) is 102 Å². The lowest BCUT2D eigenvalue weighted by Crippen LogP contribution is -2.45. The Morgan fingerprint density at radius 1 is 1.11 bits per heavy atom. The first-order chi connectivity index (χ1) is 16.8. The molecule has 2 fully saturated rings. The lowest BCUT2D eigenvalue weighted by atomic mass is 10.0. The van der Waals surface area contributed by atoms with Crippen LogP contribution in [0.2, 0.25) is 0 Å². The third-order valence-electron chi connectivity index (χ3n) is 6.20. The van der Waals surface area contributed by atoms with E-state index in [-0.39, 0.29) is 29.0 Å². The molecule has 3 aromatic rings. The lowest BCUT2D eigenvalue weighted by molar-refractivity contribution is -0.137. The van der Waals surface area contributed by atoms with Crippen molar-refractivity contribution >= 4 is 11.8 Å². The molecule has 1 aliphatic heterocycles. The molecule has 1 aliphatic carbocycles. The summed E-state index contributed by atoms with van der Waals surface area (Å²) in [6.07, 6.45) is 2.14. The maximum atomic E-state index is 13.5. The summed E-state index contributed by atoms with van der Waals surface area (Å²) in [5.74, 6) is -0.502. The predicted octanol–water partition coefficient (Wildman–Crippen LogP) is 3.62. The molecule has 35 heavy (non-hydrogen) atoms. The van der Waals surface area contributed by atoms with E-state index in [1.807, 2.05) is 0 Å². The Morgan fingerprint density at radius 2 is 1.91 bits per heavy atom. The number of carbonyl (C=O) groups is 2. The van der Waals surface area contributed by atoms with Gasteiger partial charge in [-0.25, -0.2) is 14.6 Å². The van der Waals surface area contributed by atoms with Crippen molar-refractivity contribution in [2.75, 3.05) is 6.54 Å². The fourth-order valence-electron chi connectivity index (χ4n) is 4.31. The van der Waals surface area contributed by atoms with Crippen LogP contribution in [0.3, 0.4) is 0 Å². The zero-order valence-electron chi connectivity index (χ0n) is 18.7. The Hall–Kier alpha value is -3.76. The summed E-state index contributed by atoms with van der Waals surface area (Å²) < 4.78 is 42.0. The first-order valence-electron chi connectivity index (χ1n) is 11.5. The average Bonchev–Trinajstić information content (AvgIpc) is 3.62. The second-order valence-corrected chi connectivity index (χ2v) is 8.73. The van der Waals surface area contributed by atoms with Gasteiger partial charge in [0.05, 0.1) is 28.7 Å². The fraction of sp³-hybridized carbons (Fsp3) is 0.375. The van der Waals surface area contributed by atoms with E-state index >= 15 is 0 Å². The molecule has 182 valence electrons. The van der Waals surface area contributed by atoms with Crippen LogP contribution in [0.4, 0.5) is 13.2 Å². The normalized spacial score (nSPS) is 18.6. The van der Waals surface area contributed by atoms with Crippen LogP contribution in [0.25, 0.3) is 17.2 Å². The molecule has 2 amide bonds. The number of benzene rings is 1. The Kier molecular flexibility index (Phi) is 6.00. The van der Waals surface area contributed by atoms with Crippen LogP contribution in [0.5, 0.6) is 0 Å². The average molecular weight is 484 g/mol. The van der Waals surface area contributed by atoms with Crippen molar-refractivity contribution in [2.24, 2.45) is 0 Å². The maximum absolute atomic E-state index is 13.5. The Labute approximate surface area is 199 Å². The minimum atomic E-state index is -4.54. The highest BCUT2D eigenvalue weighted by atomic mass is 19.4. The number of carbonyl (C=O) groups excluding carboxylic acids is 2. The van der Waals surface area contributed by atoms with Gasteiger partial charge in [0.2, 0.25) is 5.91 Å². The first kappa shape index (κ1) is 23.0. The Bertz CT molecular complexity index is 1270. The molecular formula is C24H23F3N6O2. The lowest BCUT2D eigenvalue weighted by Gasteiger charge is -2.15. The van der Waals surface area contributed by atoms with Gasteiger partial charge in [-0.05, 0) is 44.2 Å². The van der Waals surface area contributed by atoms with Crippen molar-refractivity contribution in [1.82, 2.24) is 30.4 Å². The highest BCUT2D eigenvalue weighted by Gasteiger charge is 2.36. The highest BCUT2D eigenvalue weighted by molar-refractivity contribution is 5.98. The van der Waals surface area contributed by atoms with Crippen molar-refractivity contribution < 1.29 is 22.8 Å². The molecule has 0 spiro atoms. The molecular weight excluding hydrogens is 461 g/mol. The number of nitrogens with one attached hydrogen (secondary N) is 2. The molecule has 2 N–H and O–H groups in total. The SMILES string of the molecule is O=C(N[C@H]1CCCCNC1=O)c1cnn(-c2nccc(-c3ccccc3C(F)(F)F)n2)c1C1CC1. The van der Waals surface area contributed by atoms with Crippen LogP contribution >= 0.6 is 0 Å². The summed E-state index contributed by atoms with van der Waals surface area (Å²) in [6.45, 7) is 0.585. The van der Waals surface area contributed by atoms with Crippen molar-refractivity contribution in [3.63, 3.8) is 0 Å². The zero-order chi connectivity index (χ0) is 24.6. The summed E-state index contributed by atoms with van der Waals surface area (Å²) in [6, 6.07) is 5.99. The summed E-state index contributed by atoms with van der Waals surface area (Å²) >= 11 is 0. The van der Waals surface area contributed by atoms with E-state index in [1.54, 1.807) is 0 Å². The van der Waals surface area contributed by atoms with Crippen LogP contribution in [-0.2, 0) is 11.0 Å². The number of hydrogen-bond acceptors (Lipinski definition) is 5. The molecule has 0 radical (unpaired) electrons. The van der Waals surface area contributed by atoms with Crippen LogP contribution in [-0.4, -0.2) is 44.1 Å². The number of hydrogen-bond donors (Lipinski definition) is 2. The minimum absolute atomic E-state index is 0.0518. The van der Waals surface area contributed by atoms with E-state index in [0.29, 0.717) is 24.2 Å². The minimum Gasteiger partial charge on any atom is -0.354 e. The van der Waals surface area contributed by atoms with E-state index in [0.717, 1.165) is 31.7 Å². The third-order valence-corrected chi connectivity index (χ3v) is 6.20. The van der Waals surface area contributed by atoms with E-state index in [2.05, 4.69) is 25.7 Å². The van der Waals surface area contributed by atoms with Gasteiger partial charge >= 0.3 is 6.18 Å². The van der Waals surface area contributed by atoms with E-state index in [1.165, 1.54) is 41.3 Å². The highest BCUT2D eigenvalue weighted by Crippen LogP contribution is 2.42. The number of rotatable bonds is 5. The van der Waals surface area contributed by atoms with Crippen molar-refractivity contribution in [2.45, 2.75) is 50.2 Å². The first-order valence-corrected chi connectivity index (χ1v) is 11.5. The second-order valence-electron chi connectivity index (χ2n) is 8.73. The smallest absolute Gasteiger partial charge is 0.354 e. The van der Waals surface area contributed by atoms with Gasteiger partial charge in [0.15, 0.2) is 0 Å². The molecule has 2 aromatic heterocycles. The summed E-state index contributed by atoms with van der Waals surface area (Å²) in [5.41, 5.74) is 0.142. The molecule has 0 bridgehead atoms. The Balaban J connectivity index is 1.49. The van der Waals surface area contributed by atoms with Crippen LogP contribution in [0.1, 0.15) is 59.6 Å². The van der Waals surface area contributed by atoms with Gasteiger partial charge in [0, 0.05) is 24.2 Å². The van der Waals surface area contributed by atoms with E-state index in [4.69, 9.17) is 0 Å². The molecule has 1 saturated heterocycles. The molecule has 2 aliphatic rings. The summed E-state index contributed by atoms with van der Waals surface area (Å²) in [4.78, 5) is 34.0. The third kappa shape index (κ3) is 4.75. The molecule has 1 saturated carbocycles. The standard InChI is InChI=1S/C24H23F3N6O2/c25-24(26,27)17-6-2-1-5-15(17)18-10-12-29-23(32-18)33-20(14-8-9-14)16(13-30-33)21(34)31-19-7-3-4-11-28-22(19)35/h1-2,5-6,10,12-14,19H,3-4,7-9,11H2,(H,28,35)(H,31,34)/t19-/m0/s1. The van der Waals surface area contributed by atoms with Crippen LogP contribution in [0, 0.1) is 0 Å². The van der Waals surface area contributed by atoms with Gasteiger partial charge < -0.3 is 10.6 Å². The van der Waals surface area contributed by atoms with Crippen LogP contribution in [0.15, 0.2) is 42.7 Å². The molecule has 8 nitrogen and oxygen atoms in total. The number of halogens is 3. The van der Waals surface area contributed by atoms with Crippen molar-refractivity contribution in [3.8, 4) is 17.2 Å². The summed E-state index contributed by atoms with van der Waals surface area (Å²) in [5, 5.41) is 9.91. The van der Waals surface area contributed by atoms with E-state index in [9.17, 15) is 22.8 Å². The van der Waals surface area contributed by atoms with Gasteiger partial charge in [-0.2, -0.15) is 18.3 Å². The number of nitrogens with zero attached hydrogens (tertiary/aromatic N) is 4. The zero-order valence-corrected chi connectivity index (χ0v) is 18.7. The maximum Gasteiger partial charge on any atom is 0.417 e. The van der Waals surface area contributed by atoms with Gasteiger partial charge in [-0.15, -0.1) is 0 Å². The predicted molar refractivity (Wildman–Crippen MR) is 120 cm³/mol. The van der Waals surface area contributed by atoms with Gasteiger partial charge in [0.25, 0.3) is 11.9 Å². The van der Waals surface area contributed by atoms with Crippen molar-refractivity contribution in [3.05, 3.63) is 59.5 Å². The van der Waals surface area contributed by atoms with Crippen molar-refractivity contribution in [1.29, 1.82) is 0 Å². The number of amides is 2. The largest absolute Gasteiger partial charge is 0.417 e.